The summed E-state index contributed by atoms with van der Waals surface area (Å²) in [6.45, 7) is 4.37. The first-order valence-electron chi connectivity index (χ1n) is 5.49. The average molecular weight is 339 g/mol. The summed E-state index contributed by atoms with van der Waals surface area (Å²) in [6.07, 6.45) is 3.58. The van der Waals surface area contributed by atoms with Crippen molar-refractivity contribution < 1.29 is 0 Å². The van der Waals surface area contributed by atoms with E-state index in [-0.39, 0.29) is 0 Å². The molecule has 1 aromatic carbocycles. The van der Waals surface area contributed by atoms with Gasteiger partial charge in [-0.3, -0.25) is 0 Å². The first-order chi connectivity index (χ1) is 8.15. The predicted molar refractivity (Wildman–Crippen MR) is 78.6 cm³/mol. The van der Waals surface area contributed by atoms with Crippen LogP contribution in [0.5, 0.6) is 0 Å². The van der Waals surface area contributed by atoms with Crippen LogP contribution in [0.15, 0.2) is 36.7 Å². The molecule has 0 bridgehead atoms. The Morgan fingerprint density at radius 2 is 1.65 bits per heavy atom. The maximum absolute atomic E-state index is 4.20. The molecule has 2 rings (SSSR count). The van der Waals surface area contributed by atoms with Crippen molar-refractivity contribution in [3.05, 3.63) is 45.8 Å². The van der Waals surface area contributed by atoms with Crippen molar-refractivity contribution in [3.8, 4) is 0 Å². The minimum Gasteiger partial charge on any atom is -0.324 e. The summed E-state index contributed by atoms with van der Waals surface area (Å²) in [5, 5.41) is 3.17. The summed E-state index contributed by atoms with van der Waals surface area (Å²) in [4.78, 5) is 8.40. The second kappa shape index (κ2) is 5.44. The van der Waals surface area contributed by atoms with Crippen molar-refractivity contribution in [1.29, 1.82) is 0 Å². The second-order valence-corrected chi connectivity index (χ2v) is 5.37. The lowest BCUT2D eigenvalue weighted by Gasteiger charge is -2.08. The molecule has 88 valence electrons. The molecule has 1 N–H and O–H groups in total. The van der Waals surface area contributed by atoms with Crippen LogP contribution in [-0.2, 0) is 0 Å². The highest BCUT2D eigenvalue weighted by molar-refractivity contribution is 14.1. The minimum atomic E-state index is 0.554. The van der Waals surface area contributed by atoms with Crippen molar-refractivity contribution in [2.45, 2.75) is 19.8 Å². The number of hydrogen-bond acceptors (Lipinski definition) is 3. The van der Waals surface area contributed by atoms with E-state index in [1.807, 2.05) is 0 Å². The highest BCUT2D eigenvalue weighted by Crippen LogP contribution is 2.18. The molecule has 0 aliphatic carbocycles. The predicted octanol–water partition coefficient (Wildman–Crippen LogP) is 3.95. The highest BCUT2D eigenvalue weighted by atomic mass is 127. The summed E-state index contributed by atoms with van der Waals surface area (Å²) in [5.41, 5.74) is 2.34. The molecule has 0 fully saturated rings. The molecule has 4 heteroatoms. The first kappa shape index (κ1) is 12.3. The molecular formula is C13H14IN3. The molecule has 3 nitrogen and oxygen atoms in total. The Bertz CT molecular complexity index is 477. The van der Waals surface area contributed by atoms with Gasteiger partial charge in [-0.05, 0) is 46.2 Å². The molecule has 0 aliphatic heterocycles. The van der Waals surface area contributed by atoms with Gasteiger partial charge in [0, 0.05) is 21.7 Å². The van der Waals surface area contributed by atoms with Crippen LogP contribution in [0, 0.1) is 3.57 Å². The highest BCUT2D eigenvalue weighted by Gasteiger charge is 2.00. The quantitative estimate of drug-likeness (QED) is 0.861. The van der Waals surface area contributed by atoms with Crippen LogP contribution in [0.1, 0.15) is 25.3 Å². The van der Waals surface area contributed by atoms with Gasteiger partial charge >= 0.3 is 0 Å². The van der Waals surface area contributed by atoms with E-state index >= 15 is 0 Å². The lowest BCUT2D eigenvalue weighted by Crippen LogP contribution is -1.97. The number of anilines is 2. The maximum atomic E-state index is 4.20. The van der Waals surface area contributed by atoms with Crippen LogP contribution in [0.4, 0.5) is 11.6 Å². The van der Waals surface area contributed by atoms with Gasteiger partial charge in [0.15, 0.2) is 0 Å². The van der Waals surface area contributed by atoms with E-state index in [4.69, 9.17) is 0 Å². The standard InChI is InChI=1S/C13H14IN3/c1-9(2)10-3-5-12(6-4-10)17-13-15-7-11(14)8-16-13/h3-9H,1-2H3,(H,15,16,17). The zero-order chi connectivity index (χ0) is 12.3. The first-order valence-corrected chi connectivity index (χ1v) is 6.57. The zero-order valence-corrected chi connectivity index (χ0v) is 12.0. The Kier molecular flexibility index (Phi) is 3.93. The average Bonchev–Trinajstić information content (AvgIpc) is 2.33. The number of aromatic nitrogens is 2. The van der Waals surface area contributed by atoms with Gasteiger partial charge in [-0.15, -0.1) is 0 Å². The number of benzene rings is 1. The normalized spacial score (nSPS) is 10.6. The third-order valence-corrected chi connectivity index (χ3v) is 3.01. The van der Waals surface area contributed by atoms with Gasteiger partial charge in [0.2, 0.25) is 5.95 Å². The van der Waals surface area contributed by atoms with Gasteiger partial charge in [-0.25, -0.2) is 9.97 Å². The summed E-state index contributed by atoms with van der Waals surface area (Å²) >= 11 is 2.19. The lowest BCUT2D eigenvalue weighted by molar-refractivity contribution is 0.867. The van der Waals surface area contributed by atoms with E-state index in [1.54, 1.807) is 12.4 Å². The van der Waals surface area contributed by atoms with Crippen LogP contribution in [-0.4, -0.2) is 9.97 Å². The third-order valence-electron chi connectivity index (χ3n) is 2.45. The van der Waals surface area contributed by atoms with Crippen LogP contribution < -0.4 is 5.32 Å². The van der Waals surface area contributed by atoms with E-state index in [2.05, 4.69) is 76.0 Å². The van der Waals surface area contributed by atoms with Crippen molar-refractivity contribution in [2.75, 3.05) is 5.32 Å². The van der Waals surface area contributed by atoms with E-state index in [0.29, 0.717) is 11.9 Å². The fourth-order valence-electron chi connectivity index (χ4n) is 1.46. The molecule has 0 unspecified atom stereocenters. The summed E-state index contributed by atoms with van der Waals surface area (Å²) in [5.74, 6) is 1.18. The molecule has 0 atom stereocenters. The van der Waals surface area contributed by atoms with Crippen molar-refractivity contribution in [1.82, 2.24) is 9.97 Å². The summed E-state index contributed by atoms with van der Waals surface area (Å²) in [6, 6.07) is 8.35. The number of nitrogens with one attached hydrogen (secondary N) is 1. The fourth-order valence-corrected chi connectivity index (χ4v) is 1.74. The van der Waals surface area contributed by atoms with Gasteiger partial charge < -0.3 is 5.32 Å². The SMILES string of the molecule is CC(C)c1ccc(Nc2ncc(I)cn2)cc1. The van der Waals surface area contributed by atoms with Gasteiger partial charge in [-0.2, -0.15) is 0 Å². The van der Waals surface area contributed by atoms with E-state index in [9.17, 15) is 0 Å². The molecular weight excluding hydrogens is 325 g/mol. The Hall–Kier alpha value is -1.17. The van der Waals surface area contributed by atoms with Crippen LogP contribution in [0.2, 0.25) is 0 Å². The largest absolute Gasteiger partial charge is 0.324 e. The minimum absolute atomic E-state index is 0.554. The Labute approximate surface area is 115 Å². The van der Waals surface area contributed by atoms with Crippen molar-refractivity contribution in [2.24, 2.45) is 0 Å². The van der Waals surface area contributed by atoms with E-state index in [1.165, 1.54) is 5.56 Å². The Morgan fingerprint density at radius 3 is 2.18 bits per heavy atom. The van der Waals surface area contributed by atoms with Crippen LogP contribution in [0.3, 0.4) is 0 Å². The maximum Gasteiger partial charge on any atom is 0.227 e. The Morgan fingerprint density at radius 1 is 1.06 bits per heavy atom. The monoisotopic (exact) mass is 339 g/mol. The lowest BCUT2D eigenvalue weighted by atomic mass is 10.0. The molecule has 0 saturated heterocycles. The molecule has 0 spiro atoms. The smallest absolute Gasteiger partial charge is 0.227 e. The Balaban J connectivity index is 2.11. The number of nitrogens with zero attached hydrogens (tertiary/aromatic N) is 2. The molecule has 17 heavy (non-hydrogen) atoms. The van der Waals surface area contributed by atoms with E-state index < -0.39 is 0 Å². The molecule has 1 heterocycles. The second-order valence-electron chi connectivity index (χ2n) is 4.13. The zero-order valence-electron chi connectivity index (χ0n) is 9.81. The van der Waals surface area contributed by atoms with Gasteiger partial charge in [-0.1, -0.05) is 26.0 Å². The van der Waals surface area contributed by atoms with Crippen molar-refractivity contribution in [3.63, 3.8) is 0 Å². The molecule has 0 saturated carbocycles. The van der Waals surface area contributed by atoms with Gasteiger partial charge in [0.1, 0.15) is 0 Å². The number of hydrogen-bond donors (Lipinski definition) is 1. The third kappa shape index (κ3) is 3.39. The van der Waals surface area contributed by atoms with Gasteiger partial charge in [0.25, 0.3) is 0 Å². The molecule has 0 radical (unpaired) electrons. The van der Waals surface area contributed by atoms with Gasteiger partial charge in [0.05, 0.1) is 0 Å². The summed E-state index contributed by atoms with van der Waals surface area (Å²) < 4.78 is 1.03. The van der Waals surface area contributed by atoms with Crippen LogP contribution in [0.25, 0.3) is 0 Å². The van der Waals surface area contributed by atoms with Crippen LogP contribution >= 0.6 is 22.6 Å². The fraction of sp³-hybridized carbons (Fsp3) is 0.231. The topological polar surface area (TPSA) is 37.8 Å². The molecule has 0 aliphatic rings. The summed E-state index contributed by atoms with van der Waals surface area (Å²) in [7, 11) is 0. The molecule has 2 aromatic rings. The number of halogens is 1. The molecule has 0 amide bonds. The molecule has 1 aromatic heterocycles. The number of rotatable bonds is 3. The van der Waals surface area contributed by atoms with Crippen molar-refractivity contribution >= 4 is 34.2 Å². The van der Waals surface area contributed by atoms with E-state index in [0.717, 1.165) is 9.26 Å².